The van der Waals surface area contributed by atoms with Crippen LogP contribution >= 0.6 is 0 Å². The zero-order valence-electron chi connectivity index (χ0n) is 16.6. The van der Waals surface area contributed by atoms with Crippen LogP contribution in [0.5, 0.6) is 11.5 Å². The summed E-state index contributed by atoms with van der Waals surface area (Å²) in [5.74, 6) is 0.833. The van der Waals surface area contributed by atoms with Crippen molar-refractivity contribution < 1.29 is 19.1 Å². The SMILES string of the molecule is Cc1ccc(OCC(=O)Nc2ccc3c(c2)N(Cc2ccccc2)C(=O)CO3)cc1. The molecule has 1 aliphatic rings. The number of benzene rings is 3. The fourth-order valence-electron chi connectivity index (χ4n) is 3.20. The van der Waals surface area contributed by atoms with E-state index in [1.807, 2.05) is 61.5 Å². The first-order valence-corrected chi connectivity index (χ1v) is 9.69. The summed E-state index contributed by atoms with van der Waals surface area (Å²) in [5, 5.41) is 2.82. The molecular weight excluding hydrogens is 380 g/mol. The molecular formula is C24H22N2O4. The lowest BCUT2D eigenvalue weighted by Gasteiger charge is -2.30. The molecule has 0 spiro atoms. The van der Waals surface area contributed by atoms with Crippen LogP contribution in [0.15, 0.2) is 72.8 Å². The van der Waals surface area contributed by atoms with E-state index in [4.69, 9.17) is 9.47 Å². The van der Waals surface area contributed by atoms with Gasteiger partial charge in [-0.25, -0.2) is 0 Å². The number of fused-ring (bicyclic) bond motifs is 1. The molecule has 152 valence electrons. The third-order valence-corrected chi connectivity index (χ3v) is 4.76. The lowest BCUT2D eigenvalue weighted by Crippen LogP contribution is -2.38. The van der Waals surface area contributed by atoms with Gasteiger partial charge in [0.2, 0.25) is 0 Å². The molecule has 0 aromatic heterocycles. The molecule has 6 heteroatoms. The molecule has 0 radical (unpaired) electrons. The Morgan fingerprint density at radius 2 is 1.83 bits per heavy atom. The number of anilines is 2. The highest BCUT2D eigenvalue weighted by molar-refractivity contribution is 5.99. The number of nitrogens with zero attached hydrogens (tertiary/aromatic N) is 1. The van der Waals surface area contributed by atoms with Gasteiger partial charge in [0, 0.05) is 5.69 Å². The zero-order valence-corrected chi connectivity index (χ0v) is 16.6. The van der Waals surface area contributed by atoms with Crippen LogP contribution in [0.3, 0.4) is 0 Å². The minimum Gasteiger partial charge on any atom is -0.484 e. The molecule has 30 heavy (non-hydrogen) atoms. The van der Waals surface area contributed by atoms with Crippen LogP contribution in [0.25, 0.3) is 0 Å². The van der Waals surface area contributed by atoms with Crippen molar-refractivity contribution in [3.8, 4) is 11.5 Å². The van der Waals surface area contributed by atoms with Crippen molar-refractivity contribution in [1.29, 1.82) is 0 Å². The van der Waals surface area contributed by atoms with Crippen molar-refractivity contribution in [2.45, 2.75) is 13.5 Å². The van der Waals surface area contributed by atoms with Gasteiger partial charge in [-0.05, 0) is 42.8 Å². The molecule has 0 fully saturated rings. The number of hydrogen-bond acceptors (Lipinski definition) is 4. The van der Waals surface area contributed by atoms with E-state index in [-0.39, 0.29) is 25.0 Å². The second-order valence-corrected chi connectivity index (χ2v) is 7.09. The van der Waals surface area contributed by atoms with E-state index in [0.29, 0.717) is 29.4 Å². The Morgan fingerprint density at radius 3 is 2.60 bits per heavy atom. The molecule has 1 N–H and O–H groups in total. The Labute approximate surface area is 175 Å². The molecule has 3 aromatic rings. The third kappa shape index (κ3) is 4.60. The molecule has 6 nitrogen and oxygen atoms in total. The zero-order chi connectivity index (χ0) is 20.9. The van der Waals surface area contributed by atoms with Gasteiger partial charge >= 0.3 is 0 Å². The minimum absolute atomic E-state index is 0.00404. The number of nitrogens with one attached hydrogen (secondary N) is 1. The number of carbonyl (C=O) groups excluding carboxylic acids is 2. The summed E-state index contributed by atoms with van der Waals surface area (Å²) in [6.07, 6.45) is 0. The summed E-state index contributed by atoms with van der Waals surface area (Å²) < 4.78 is 11.1. The average molecular weight is 402 g/mol. The number of hydrogen-bond donors (Lipinski definition) is 1. The largest absolute Gasteiger partial charge is 0.484 e. The topological polar surface area (TPSA) is 67.9 Å². The van der Waals surface area contributed by atoms with E-state index in [0.717, 1.165) is 11.1 Å². The Balaban J connectivity index is 1.45. The second-order valence-electron chi connectivity index (χ2n) is 7.09. The van der Waals surface area contributed by atoms with Crippen LogP contribution in [0.2, 0.25) is 0 Å². The molecule has 4 rings (SSSR count). The molecule has 0 saturated carbocycles. The van der Waals surface area contributed by atoms with E-state index >= 15 is 0 Å². The second kappa shape index (κ2) is 8.69. The molecule has 0 aliphatic carbocycles. The smallest absolute Gasteiger partial charge is 0.265 e. The summed E-state index contributed by atoms with van der Waals surface area (Å²) in [7, 11) is 0. The third-order valence-electron chi connectivity index (χ3n) is 4.76. The fourth-order valence-corrected chi connectivity index (χ4v) is 3.20. The van der Waals surface area contributed by atoms with Crippen molar-refractivity contribution in [3.63, 3.8) is 0 Å². The fraction of sp³-hybridized carbons (Fsp3) is 0.167. The van der Waals surface area contributed by atoms with E-state index in [2.05, 4.69) is 5.32 Å². The normalized spacial score (nSPS) is 12.7. The Bertz CT molecular complexity index is 1050. The lowest BCUT2D eigenvalue weighted by atomic mass is 10.1. The molecule has 0 atom stereocenters. The lowest BCUT2D eigenvalue weighted by molar-refractivity contribution is -0.121. The summed E-state index contributed by atoms with van der Waals surface area (Å²) >= 11 is 0. The van der Waals surface area contributed by atoms with Crippen molar-refractivity contribution in [1.82, 2.24) is 0 Å². The van der Waals surface area contributed by atoms with Crippen LogP contribution in [0.4, 0.5) is 11.4 Å². The van der Waals surface area contributed by atoms with Crippen LogP contribution in [0.1, 0.15) is 11.1 Å². The van der Waals surface area contributed by atoms with Crippen LogP contribution in [-0.2, 0) is 16.1 Å². The highest BCUT2D eigenvalue weighted by Crippen LogP contribution is 2.35. The molecule has 2 amide bonds. The van der Waals surface area contributed by atoms with Gasteiger partial charge in [-0.2, -0.15) is 0 Å². The predicted molar refractivity (Wildman–Crippen MR) is 115 cm³/mol. The quantitative estimate of drug-likeness (QED) is 0.678. The van der Waals surface area contributed by atoms with Crippen LogP contribution < -0.4 is 19.7 Å². The van der Waals surface area contributed by atoms with Gasteiger partial charge in [-0.15, -0.1) is 0 Å². The van der Waals surface area contributed by atoms with Gasteiger partial charge in [-0.1, -0.05) is 48.0 Å². The van der Waals surface area contributed by atoms with E-state index in [1.54, 1.807) is 23.1 Å². The van der Waals surface area contributed by atoms with Crippen molar-refractivity contribution in [3.05, 3.63) is 83.9 Å². The minimum atomic E-state index is -0.284. The first-order chi connectivity index (χ1) is 14.6. The molecule has 0 bridgehead atoms. The number of amides is 2. The summed E-state index contributed by atoms with van der Waals surface area (Å²) in [5.41, 5.74) is 3.34. The van der Waals surface area contributed by atoms with E-state index < -0.39 is 0 Å². The molecule has 1 aliphatic heterocycles. The van der Waals surface area contributed by atoms with Crippen LogP contribution in [-0.4, -0.2) is 25.0 Å². The standard InChI is InChI=1S/C24H22N2O4/c1-17-7-10-20(11-8-17)29-15-23(27)25-19-9-12-22-21(13-19)26(24(28)16-30-22)14-18-5-3-2-4-6-18/h2-13H,14-16H2,1H3,(H,25,27). The Morgan fingerprint density at radius 1 is 1.07 bits per heavy atom. The maximum absolute atomic E-state index is 12.5. The van der Waals surface area contributed by atoms with Crippen molar-refractivity contribution in [2.75, 3.05) is 23.4 Å². The van der Waals surface area contributed by atoms with E-state index in [1.165, 1.54) is 0 Å². The number of carbonyl (C=O) groups is 2. The maximum atomic E-state index is 12.5. The molecule has 1 heterocycles. The van der Waals surface area contributed by atoms with Crippen LogP contribution in [0, 0.1) is 6.92 Å². The highest BCUT2D eigenvalue weighted by atomic mass is 16.5. The van der Waals surface area contributed by atoms with Gasteiger partial charge < -0.3 is 19.7 Å². The van der Waals surface area contributed by atoms with Gasteiger partial charge in [0.05, 0.1) is 12.2 Å². The molecule has 0 saturated heterocycles. The first-order valence-electron chi connectivity index (χ1n) is 9.69. The van der Waals surface area contributed by atoms with Gasteiger partial charge in [0.25, 0.3) is 11.8 Å². The summed E-state index contributed by atoms with van der Waals surface area (Å²) in [4.78, 5) is 26.5. The van der Waals surface area contributed by atoms with Crippen molar-refractivity contribution in [2.24, 2.45) is 0 Å². The van der Waals surface area contributed by atoms with E-state index in [9.17, 15) is 9.59 Å². The summed E-state index contributed by atoms with van der Waals surface area (Å²) in [6.45, 7) is 2.31. The number of aryl methyl sites for hydroxylation is 1. The maximum Gasteiger partial charge on any atom is 0.265 e. The summed E-state index contributed by atoms with van der Waals surface area (Å²) in [6, 6.07) is 22.5. The Hall–Kier alpha value is -3.80. The molecule has 3 aromatic carbocycles. The van der Waals surface area contributed by atoms with Gasteiger partial charge in [-0.3, -0.25) is 9.59 Å². The van der Waals surface area contributed by atoms with Gasteiger partial charge in [0.15, 0.2) is 13.2 Å². The Kier molecular flexibility index (Phi) is 5.66. The monoisotopic (exact) mass is 402 g/mol. The van der Waals surface area contributed by atoms with Crippen molar-refractivity contribution >= 4 is 23.2 Å². The molecule has 0 unspecified atom stereocenters. The average Bonchev–Trinajstić information content (AvgIpc) is 2.76. The van der Waals surface area contributed by atoms with Gasteiger partial charge in [0.1, 0.15) is 11.5 Å². The number of ether oxygens (including phenoxy) is 2. The highest BCUT2D eigenvalue weighted by Gasteiger charge is 2.26. The number of rotatable bonds is 6. The first kappa shape index (κ1) is 19.5. The predicted octanol–water partition coefficient (Wildman–Crippen LogP) is 3.94.